The largest absolute Gasteiger partial charge is 0.359 e. The molecule has 0 aliphatic rings. The van der Waals surface area contributed by atoms with Crippen molar-refractivity contribution >= 4 is 18.2 Å². The highest BCUT2D eigenvalue weighted by atomic mass is 16.2. The highest BCUT2D eigenvalue weighted by Gasteiger charge is 2.13. The zero-order valence-electron chi connectivity index (χ0n) is 9.71. The highest BCUT2D eigenvalue weighted by Crippen LogP contribution is 1.87. The molecule has 0 aromatic carbocycles. The van der Waals surface area contributed by atoms with Crippen molar-refractivity contribution < 1.29 is 14.4 Å². The predicted octanol–water partition coefficient (Wildman–Crippen LogP) is -0.847. The number of rotatable bonds is 7. The monoisotopic (exact) mass is 229 g/mol. The molecule has 0 heterocycles. The van der Waals surface area contributed by atoms with Crippen LogP contribution in [0.5, 0.6) is 0 Å². The first-order valence-corrected chi connectivity index (χ1v) is 5.37. The van der Waals surface area contributed by atoms with Crippen molar-refractivity contribution in [1.82, 2.24) is 16.0 Å². The maximum atomic E-state index is 11.2. The molecule has 6 nitrogen and oxygen atoms in total. The van der Waals surface area contributed by atoms with E-state index in [1.54, 1.807) is 0 Å². The van der Waals surface area contributed by atoms with Crippen molar-refractivity contribution in [2.75, 3.05) is 13.1 Å². The summed E-state index contributed by atoms with van der Waals surface area (Å²) < 4.78 is 0. The molecule has 0 aliphatic carbocycles. The summed E-state index contributed by atoms with van der Waals surface area (Å²) in [4.78, 5) is 32.4. The van der Waals surface area contributed by atoms with Gasteiger partial charge in [-0.15, -0.1) is 0 Å². The van der Waals surface area contributed by atoms with Gasteiger partial charge in [-0.3, -0.25) is 14.4 Å². The van der Waals surface area contributed by atoms with Gasteiger partial charge in [-0.2, -0.15) is 0 Å². The number of nitrogens with one attached hydrogen (secondary N) is 3. The molecule has 0 radical (unpaired) electrons. The van der Waals surface area contributed by atoms with Crippen LogP contribution in [0.15, 0.2) is 0 Å². The molecule has 1 atom stereocenters. The van der Waals surface area contributed by atoms with E-state index in [0.717, 1.165) is 6.42 Å². The Hall–Kier alpha value is -1.59. The highest BCUT2D eigenvalue weighted by molar-refractivity contribution is 6.35. The summed E-state index contributed by atoms with van der Waals surface area (Å²) in [6.07, 6.45) is 1.97. The maximum Gasteiger partial charge on any atom is 0.309 e. The average Bonchev–Trinajstić information content (AvgIpc) is 2.28. The summed E-state index contributed by atoms with van der Waals surface area (Å²) in [6.45, 7) is 4.61. The molecule has 0 aromatic heterocycles. The van der Waals surface area contributed by atoms with Crippen LogP contribution < -0.4 is 16.0 Å². The quantitative estimate of drug-likeness (QED) is 0.302. The first-order valence-electron chi connectivity index (χ1n) is 5.37. The first kappa shape index (κ1) is 14.4. The molecule has 92 valence electrons. The van der Waals surface area contributed by atoms with E-state index in [1.807, 2.05) is 13.8 Å². The molecular formula is C10H19N3O3. The number of amides is 3. The van der Waals surface area contributed by atoms with Gasteiger partial charge in [0.25, 0.3) is 0 Å². The van der Waals surface area contributed by atoms with Gasteiger partial charge >= 0.3 is 11.8 Å². The third-order valence-corrected chi connectivity index (χ3v) is 2.06. The molecule has 6 heteroatoms. The minimum Gasteiger partial charge on any atom is -0.359 e. The van der Waals surface area contributed by atoms with Crippen LogP contribution in [0.25, 0.3) is 0 Å². The molecule has 0 bridgehead atoms. The van der Waals surface area contributed by atoms with Crippen molar-refractivity contribution in [1.29, 1.82) is 0 Å². The fraction of sp³-hybridized carbons (Fsp3) is 0.700. The zero-order chi connectivity index (χ0) is 12.4. The van der Waals surface area contributed by atoms with Crippen molar-refractivity contribution in [2.45, 2.75) is 32.7 Å². The minimum atomic E-state index is -0.633. The van der Waals surface area contributed by atoms with Gasteiger partial charge in [-0.1, -0.05) is 6.92 Å². The van der Waals surface area contributed by atoms with Crippen molar-refractivity contribution in [2.24, 2.45) is 0 Å². The SMILES string of the molecule is CCC(C)NC(=O)C(=O)NCCCNC=O. The Morgan fingerprint density at radius 1 is 1.25 bits per heavy atom. The van der Waals surface area contributed by atoms with Gasteiger partial charge < -0.3 is 16.0 Å². The summed E-state index contributed by atoms with van der Waals surface area (Å²) in [5.74, 6) is -1.25. The molecule has 0 aliphatic heterocycles. The van der Waals surface area contributed by atoms with Gasteiger partial charge in [0.05, 0.1) is 0 Å². The molecule has 0 saturated heterocycles. The van der Waals surface area contributed by atoms with Crippen LogP contribution >= 0.6 is 0 Å². The molecule has 3 amide bonds. The van der Waals surface area contributed by atoms with Crippen molar-refractivity contribution in [3.8, 4) is 0 Å². The fourth-order valence-electron chi connectivity index (χ4n) is 0.923. The van der Waals surface area contributed by atoms with Gasteiger partial charge in [0.15, 0.2) is 0 Å². The van der Waals surface area contributed by atoms with E-state index >= 15 is 0 Å². The van der Waals surface area contributed by atoms with E-state index in [9.17, 15) is 14.4 Å². The number of carbonyl (C=O) groups excluding carboxylic acids is 3. The van der Waals surface area contributed by atoms with Crippen LogP contribution in [0.1, 0.15) is 26.7 Å². The van der Waals surface area contributed by atoms with Crippen molar-refractivity contribution in [3.05, 3.63) is 0 Å². The third kappa shape index (κ3) is 6.80. The summed E-state index contributed by atoms with van der Waals surface area (Å²) in [6, 6.07) is -0.00465. The summed E-state index contributed by atoms with van der Waals surface area (Å²) in [7, 11) is 0. The van der Waals surface area contributed by atoms with E-state index in [4.69, 9.17) is 0 Å². The molecule has 0 spiro atoms. The molecule has 0 aromatic rings. The molecule has 0 fully saturated rings. The summed E-state index contributed by atoms with van der Waals surface area (Å²) >= 11 is 0. The second-order valence-electron chi connectivity index (χ2n) is 3.46. The van der Waals surface area contributed by atoms with Crippen LogP contribution in [-0.4, -0.2) is 37.4 Å². The Bertz CT molecular complexity index is 243. The standard InChI is InChI=1S/C10H19N3O3/c1-3-8(2)13-10(16)9(15)12-6-4-5-11-7-14/h7-8H,3-6H2,1-2H3,(H,11,14)(H,12,15)(H,13,16). The maximum absolute atomic E-state index is 11.2. The van der Waals surface area contributed by atoms with Crippen molar-refractivity contribution in [3.63, 3.8) is 0 Å². The van der Waals surface area contributed by atoms with Gasteiger partial charge in [0.1, 0.15) is 0 Å². The van der Waals surface area contributed by atoms with E-state index in [-0.39, 0.29) is 6.04 Å². The Balaban J connectivity index is 3.63. The van der Waals surface area contributed by atoms with E-state index in [1.165, 1.54) is 0 Å². The molecule has 1 unspecified atom stereocenters. The topological polar surface area (TPSA) is 87.3 Å². The van der Waals surface area contributed by atoms with E-state index < -0.39 is 11.8 Å². The molecule has 16 heavy (non-hydrogen) atoms. The number of hydrogen-bond donors (Lipinski definition) is 3. The Labute approximate surface area is 95.2 Å². The summed E-state index contributed by atoms with van der Waals surface area (Å²) in [5.41, 5.74) is 0. The van der Waals surface area contributed by atoms with Gasteiger partial charge in [0, 0.05) is 19.1 Å². The van der Waals surface area contributed by atoms with Gasteiger partial charge in [-0.25, -0.2) is 0 Å². The lowest BCUT2D eigenvalue weighted by atomic mass is 10.2. The fourth-order valence-corrected chi connectivity index (χ4v) is 0.923. The third-order valence-electron chi connectivity index (χ3n) is 2.06. The number of carbonyl (C=O) groups is 3. The van der Waals surface area contributed by atoms with E-state index in [0.29, 0.717) is 25.9 Å². The molecular weight excluding hydrogens is 210 g/mol. The average molecular weight is 229 g/mol. The van der Waals surface area contributed by atoms with Crippen LogP contribution in [-0.2, 0) is 14.4 Å². The van der Waals surface area contributed by atoms with Crippen LogP contribution in [0, 0.1) is 0 Å². The second-order valence-corrected chi connectivity index (χ2v) is 3.46. The molecule has 3 N–H and O–H groups in total. The van der Waals surface area contributed by atoms with Crippen LogP contribution in [0.4, 0.5) is 0 Å². The predicted molar refractivity (Wildman–Crippen MR) is 59.6 cm³/mol. The molecule has 0 rings (SSSR count). The normalized spacial score (nSPS) is 11.4. The minimum absolute atomic E-state index is 0.00465. The lowest BCUT2D eigenvalue weighted by Crippen LogP contribution is -2.43. The summed E-state index contributed by atoms with van der Waals surface area (Å²) in [5, 5.41) is 7.48. The molecule has 0 saturated carbocycles. The second kappa shape index (κ2) is 8.70. The lowest BCUT2D eigenvalue weighted by molar-refractivity contribution is -0.139. The number of hydrogen-bond acceptors (Lipinski definition) is 3. The first-order chi connectivity index (χ1) is 7.61. The Morgan fingerprint density at radius 2 is 1.94 bits per heavy atom. The zero-order valence-corrected chi connectivity index (χ0v) is 9.71. The smallest absolute Gasteiger partial charge is 0.309 e. The Morgan fingerprint density at radius 3 is 2.50 bits per heavy atom. The Kier molecular flexibility index (Phi) is 7.83. The lowest BCUT2D eigenvalue weighted by Gasteiger charge is -2.10. The van der Waals surface area contributed by atoms with Crippen LogP contribution in [0.2, 0.25) is 0 Å². The van der Waals surface area contributed by atoms with Gasteiger partial charge in [0.2, 0.25) is 6.41 Å². The van der Waals surface area contributed by atoms with E-state index in [2.05, 4.69) is 16.0 Å². The van der Waals surface area contributed by atoms with Crippen LogP contribution in [0.3, 0.4) is 0 Å². The van der Waals surface area contributed by atoms with Gasteiger partial charge in [-0.05, 0) is 19.8 Å².